The Bertz CT molecular complexity index is 51.4. The van der Waals surface area contributed by atoms with Gasteiger partial charge in [-0.25, -0.2) is 0 Å². The third kappa shape index (κ3) is 7.89. The van der Waals surface area contributed by atoms with Crippen LogP contribution in [0, 0.1) is 0 Å². The molecular weight excluding hydrogens is 283 g/mol. The van der Waals surface area contributed by atoms with E-state index in [1.54, 1.807) is 0 Å². The summed E-state index contributed by atoms with van der Waals surface area (Å²) in [5, 5.41) is 1.55. The molecule has 0 saturated heterocycles. The van der Waals surface area contributed by atoms with Crippen LogP contribution in [0.25, 0.3) is 0 Å². The first-order valence-corrected chi connectivity index (χ1v) is 12.6. The van der Waals surface area contributed by atoms with Crippen LogP contribution in [0.4, 0.5) is 0 Å². The van der Waals surface area contributed by atoms with Crippen molar-refractivity contribution in [1.82, 2.24) is 0 Å². The fraction of sp³-hybridized carbons (Fsp3) is 1.00. The summed E-state index contributed by atoms with van der Waals surface area (Å²) in [6.07, 6.45) is 0. The standard InChI is InChI=1S/C2H4BrCl3Ge/c3-1-2-7(4,5)6/h1-2H2. The molecule has 5 heteroatoms. The van der Waals surface area contributed by atoms with Crippen LogP contribution in [-0.4, -0.2) is 15.8 Å². The molecule has 0 aliphatic heterocycles. The topological polar surface area (TPSA) is 0 Å². The Morgan fingerprint density at radius 1 is 1.29 bits per heavy atom. The molecule has 0 aliphatic rings. The normalized spacial score (nSPS) is 12.0. The Balaban J connectivity index is 3.15. The molecule has 7 heavy (non-hydrogen) atoms. The van der Waals surface area contributed by atoms with Crippen molar-refractivity contribution >= 4 is 56.4 Å². The van der Waals surface area contributed by atoms with E-state index in [0.29, 0.717) is 0 Å². The second-order valence-corrected chi connectivity index (χ2v) is 18.6. The van der Waals surface area contributed by atoms with E-state index in [1.807, 2.05) is 0 Å². The van der Waals surface area contributed by atoms with Crippen LogP contribution in [0.1, 0.15) is 0 Å². The van der Waals surface area contributed by atoms with Gasteiger partial charge in [0.25, 0.3) is 0 Å². The van der Waals surface area contributed by atoms with Gasteiger partial charge in [0.15, 0.2) is 0 Å². The van der Waals surface area contributed by atoms with Gasteiger partial charge in [0, 0.05) is 0 Å². The second-order valence-electron chi connectivity index (χ2n) is 1.05. The molecule has 0 atom stereocenters. The molecule has 0 rings (SSSR count). The third-order valence-corrected chi connectivity index (χ3v) is 6.97. The van der Waals surface area contributed by atoms with Crippen LogP contribution in [0.2, 0.25) is 5.25 Å². The van der Waals surface area contributed by atoms with Gasteiger partial charge in [-0.15, -0.1) is 0 Å². The molecule has 0 aromatic heterocycles. The zero-order valence-corrected chi connectivity index (χ0v) is 9.38. The molecule has 0 aromatic rings. The molecule has 0 spiro atoms. The van der Waals surface area contributed by atoms with E-state index in [1.165, 1.54) is 0 Å². The van der Waals surface area contributed by atoms with E-state index in [0.717, 1.165) is 10.6 Å². The predicted molar refractivity (Wildman–Crippen MR) is 41.9 cm³/mol. The van der Waals surface area contributed by atoms with Crippen LogP contribution in [0.3, 0.4) is 0 Å². The van der Waals surface area contributed by atoms with Crippen molar-refractivity contribution in [3.8, 4) is 0 Å². The van der Waals surface area contributed by atoms with Gasteiger partial charge in [0.05, 0.1) is 0 Å². The summed E-state index contributed by atoms with van der Waals surface area (Å²) in [4.78, 5) is 0. The molecule has 0 radical (unpaired) electrons. The monoisotopic (exact) mass is 286 g/mol. The van der Waals surface area contributed by atoms with Crippen LogP contribution in [-0.2, 0) is 0 Å². The molecule has 44 valence electrons. The maximum absolute atomic E-state index is 5.52. The summed E-state index contributed by atoms with van der Waals surface area (Å²) in [5.41, 5.74) is 0. The van der Waals surface area contributed by atoms with Crippen molar-refractivity contribution in [1.29, 1.82) is 0 Å². The number of halogens is 4. The molecule has 0 fully saturated rings. The fourth-order valence-electron chi connectivity index (χ4n) is 0.107. The number of hydrogen-bond acceptors (Lipinski definition) is 0. The van der Waals surface area contributed by atoms with Gasteiger partial charge in [-0.1, -0.05) is 0 Å². The molecule has 0 unspecified atom stereocenters. The Morgan fingerprint density at radius 3 is 1.71 bits per heavy atom. The van der Waals surface area contributed by atoms with Crippen molar-refractivity contribution in [3.05, 3.63) is 0 Å². The Kier molecular flexibility index (Phi) is 4.87. The zero-order valence-electron chi connectivity index (χ0n) is 3.43. The van der Waals surface area contributed by atoms with Crippen LogP contribution < -0.4 is 0 Å². The first kappa shape index (κ1) is 8.89. The quantitative estimate of drug-likeness (QED) is 0.541. The predicted octanol–water partition coefficient (Wildman–Crippen LogP) is 3.04. The van der Waals surface area contributed by atoms with Crippen molar-refractivity contribution < 1.29 is 0 Å². The maximum atomic E-state index is 5.52. The number of rotatable bonds is 2. The van der Waals surface area contributed by atoms with Gasteiger partial charge >= 0.3 is 67.0 Å². The first-order chi connectivity index (χ1) is 3.06. The first-order valence-electron chi connectivity index (χ1n) is 1.69. The van der Waals surface area contributed by atoms with E-state index < -0.39 is 10.5 Å². The van der Waals surface area contributed by atoms with E-state index in [4.69, 9.17) is 30.0 Å². The Hall–Kier alpha value is 1.89. The van der Waals surface area contributed by atoms with Crippen molar-refractivity contribution in [2.24, 2.45) is 0 Å². The summed E-state index contributed by atoms with van der Waals surface area (Å²) in [7, 11) is 13.9. The van der Waals surface area contributed by atoms with Gasteiger partial charge in [0.1, 0.15) is 0 Å². The van der Waals surface area contributed by atoms with Gasteiger partial charge < -0.3 is 0 Å². The molecule has 0 amide bonds. The molecule has 0 heterocycles. The zero-order chi connectivity index (χ0) is 5.91. The second kappa shape index (κ2) is 3.83. The average Bonchev–Trinajstić information content (AvgIpc) is 1.30. The number of alkyl halides is 1. The summed E-state index contributed by atoms with van der Waals surface area (Å²) < 4.78 is 0. The minimum absolute atomic E-state index is 0.741. The summed E-state index contributed by atoms with van der Waals surface area (Å²) in [6, 6.07) is 0. The molecule has 0 nitrogen and oxygen atoms in total. The average molecular weight is 287 g/mol. The molecule has 0 aromatic carbocycles. The third-order valence-electron chi connectivity index (χ3n) is 0.378. The molecule has 0 saturated carbocycles. The summed E-state index contributed by atoms with van der Waals surface area (Å²) in [6.45, 7) is 0. The number of hydrogen-bond donors (Lipinski definition) is 0. The van der Waals surface area contributed by atoms with Crippen molar-refractivity contribution in [2.75, 3.05) is 5.33 Å². The summed E-state index contributed by atoms with van der Waals surface area (Å²) in [5.74, 6) is 0. The summed E-state index contributed by atoms with van der Waals surface area (Å²) >= 11 is 3.18. The minimum atomic E-state index is -2.71. The van der Waals surface area contributed by atoms with Gasteiger partial charge in [0.2, 0.25) is 0 Å². The van der Waals surface area contributed by atoms with E-state index in [2.05, 4.69) is 15.9 Å². The Labute approximate surface area is 66.5 Å². The molecule has 0 bridgehead atoms. The van der Waals surface area contributed by atoms with Gasteiger partial charge in [-0.2, -0.15) is 0 Å². The van der Waals surface area contributed by atoms with Crippen LogP contribution in [0.5, 0.6) is 0 Å². The van der Waals surface area contributed by atoms with Crippen LogP contribution >= 0.6 is 46.0 Å². The van der Waals surface area contributed by atoms with Crippen LogP contribution in [0.15, 0.2) is 0 Å². The van der Waals surface area contributed by atoms with Crippen molar-refractivity contribution in [3.63, 3.8) is 0 Å². The molecule has 0 aliphatic carbocycles. The fourth-order valence-corrected chi connectivity index (χ4v) is 8.68. The van der Waals surface area contributed by atoms with Gasteiger partial charge in [-0.05, 0) is 0 Å². The molecular formula is C2H4BrCl3Ge. The Morgan fingerprint density at radius 2 is 1.71 bits per heavy atom. The van der Waals surface area contributed by atoms with Crippen molar-refractivity contribution in [2.45, 2.75) is 5.25 Å². The van der Waals surface area contributed by atoms with Gasteiger partial charge in [-0.3, -0.25) is 0 Å². The van der Waals surface area contributed by atoms with E-state index in [-0.39, 0.29) is 0 Å². The SMILES string of the molecule is [Cl][Ge]([Cl])([Cl])[CH2]CBr. The van der Waals surface area contributed by atoms with E-state index in [9.17, 15) is 0 Å². The van der Waals surface area contributed by atoms with E-state index >= 15 is 0 Å². The molecule has 0 N–H and O–H groups in total.